The van der Waals surface area contributed by atoms with Crippen molar-refractivity contribution in [3.05, 3.63) is 36.8 Å². The van der Waals surface area contributed by atoms with E-state index < -0.39 is 0 Å². The number of benzene rings is 1. The van der Waals surface area contributed by atoms with Crippen molar-refractivity contribution < 1.29 is 4.74 Å². The summed E-state index contributed by atoms with van der Waals surface area (Å²) >= 11 is 1.60. The molecule has 0 saturated carbocycles. The zero-order valence-corrected chi connectivity index (χ0v) is 12.5. The van der Waals surface area contributed by atoms with Gasteiger partial charge >= 0.3 is 0 Å². The van der Waals surface area contributed by atoms with Crippen LogP contribution in [-0.2, 0) is 4.74 Å². The third-order valence-corrected chi connectivity index (χ3v) is 4.37. The van der Waals surface area contributed by atoms with Gasteiger partial charge in [-0.15, -0.1) is 0 Å². The Bertz CT molecular complexity index is 807. The van der Waals surface area contributed by atoms with Crippen molar-refractivity contribution in [2.75, 3.05) is 18.7 Å². The maximum absolute atomic E-state index is 5.34. The van der Waals surface area contributed by atoms with Crippen molar-refractivity contribution in [2.24, 2.45) is 0 Å². The molecule has 0 amide bonds. The molecule has 2 aromatic heterocycles. The van der Waals surface area contributed by atoms with Crippen molar-refractivity contribution in [3.63, 3.8) is 0 Å². The van der Waals surface area contributed by atoms with E-state index >= 15 is 0 Å². The molecule has 0 aliphatic carbocycles. The molecule has 0 radical (unpaired) electrons. The second-order valence-electron chi connectivity index (χ2n) is 4.67. The number of methoxy groups -OCH3 is 1. The highest BCUT2D eigenvalue weighted by molar-refractivity contribution is 7.99. The summed E-state index contributed by atoms with van der Waals surface area (Å²) in [7, 11) is 1.67. The van der Waals surface area contributed by atoms with Gasteiger partial charge in [0, 0.05) is 30.0 Å². The van der Waals surface area contributed by atoms with Crippen LogP contribution in [0.4, 0.5) is 11.5 Å². The number of nitrogens with zero attached hydrogens (tertiary/aromatic N) is 5. The molecule has 8 heteroatoms. The van der Waals surface area contributed by atoms with E-state index in [1.165, 1.54) is 0 Å². The average Bonchev–Trinajstić information content (AvgIpc) is 3.09. The number of fused-ring (bicyclic) bond motifs is 2. The van der Waals surface area contributed by atoms with E-state index in [4.69, 9.17) is 4.74 Å². The van der Waals surface area contributed by atoms with Crippen LogP contribution in [0.25, 0.3) is 11.3 Å². The Morgan fingerprint density at radius 1 is 1.27 bits per heavy atom. The monoisotopic (exact) mass is 312 g/mol. The van der Waals surface area contributed by atoms with Gasteiger partial charge in [-0.2, -0.15) is 15.4 Å². The zero-order valence-electron chi connectivity index (χ0n) is 11.7. The molecule has 1 aromatic carbocycles. The average molecular weight is 312 g/mol. The lowest BCUT2D eigenvalue weighted by molar-refractivity contribution is 0.205. The predicted octanol–water partition coefficient (Wildman–Crippen LogP) is 2.47. The first-order valence-electron chi connectivity index (χ1n) is 6.62. The normalized spacial score (nSPS) is 12.9. The first-order chi connectivity index (χ1) is 10.9. The van der Waals surface area contributed by atoms with Crippen molar-refractivity contribution in [1.29, 1.82) is 0 Å². The second-order valence-corrected chi connectivity index (χ2v) is 5.70. The fourth-order valence-electron chi connectivity index (χ4n) is 2.37. The van der Waals surface area contributed by atoms with Crippen LogP contribution in [0, 0.1) is 0 Å². The topological polar surface area (TPSA) is 79.8 Å². The molecule has 1 N–H and O–H groups in total. The highest BCUT2D eigenvalue weighted by atomic mass is 32.2. The molecule has 0 atom stereocenters. The second kappa shape index (κ2) is 5.39. The quantitative estimate of drug-likeness (QED) is 0.795. The van der Waals surface area contributed by atoms with Crippen LogP contribution in [-0.4, -0.2) is 39.2 Å². The van der Waals surface area contributed by atoms with Crippen molar-refractivity contribution >= 4 is 23.3 Å². The Kier molecular flexibility index (Phi) is 3.24. The Balaban J connectivity index is 1.84. The van der Waals surface area contributed by atoms with Gasteiger partial charge in [0.05, 0.1) is 11.9 Å². The number of ether oxygens (including phenoxy) is 1. The summed E-state index contributed by atoms with van der Waals surface area (Å²) < 4.78 is 5.34. The first kappa shape index (κ1) is 13.2. The van der Waals surface area contributed by atoms with E-state index in [9.17, 15) is 0 Å². The summed E-state index contributed by atoms with van der Waals surface area (Å²) in [6.07, 6.45) is 5.09. The van der Waals surface area contributed by atoms with E-state index in [0.717, 1.165) is 32.7 Å². The lowest BCUT2D eigenvalue weighted by Gasteiger charge is -2.30. The maximum Gasteiger partial charge on any atom is 0.168 e. The van der Waals surface area contributed by atoms with Crippen molar-refractivity contribution in [1.82, 2.24) is 25.4 Å². The Hall–Kier alpha value is -2.45. The summed E-state index contributed by atoms with van der Waals surface area (Å²) in [6.45, 7) is 0.404. The third-order valence-electron chi connectivity index (χ3n) is 3.33. The van der Waals surface area contributed by atoms with E-state index in [1.807, 2.05) is 11.0 Å². The number of aromatic amines is 1. The van der Waals surface area contributed by atoms with Crippen LogP contribution < -0.4 is 4.90 Å². The number of hydrogen-bond acceptors (Lipinski definition) is 7. The molecule has 0 spiro atoms. The highest BCUT2D eigenvalue weighted by Crippen LogP contribution is 2.46. The molecule has 110 valence electrons. The number of H-pyrrole nitrogens is 1. The number of rotatable bonds is 3. The molecular formula is C14H12N6OS. The van der Waals surface area contributed by atoms with Crippen LogP contribution in [0.3, 0.4) is 0 Å². The molecule has 1 aliphatic rings. The van der Waals surface area contributed by atoms with Gasteiger partial charge in [0.25, 0.3) is 0 Å². The minimum absolute atomic E-state index is 0.404. The number of aromatic nitrogens is 5. The van der Waals surface area contributed by atoms with Gasteiger partial charge in [-0.1, -0.05) is 17.8 Å². The maximum atomic E-state index is 5.34. The van der Waals surface area contributed by atoms with E-state index in [2.05, 4.69) is 37.5 Å². The highest BCUT2D eigenvalue weighted by Gasteiger charge is 2.26. The first-order valence-corrected chi connectivity index (χ1v) is 7.44. The fraction of sp³-hybridized carbons (Fsp3) is 0.143. The van der Waals surface area contributed by atoms with Crippen LogP contribution >= 0.6 is 11.8 Å². The summed E-state index contributed by atoms with van der Waals surface area (Å²) in [5.41, 5.74) is 2.82. The third kappa shape index (κ3) is 2.13. The van der Waals surface area contributed by atoms with Crippen molar-refractivity contribution in [3.8, 4) is 11.3 Å². The molecule has 22 heavy (non-hydrogen) atoms. The number of anilines is 2. The molecule has 3 aromatic rings. The molecule has 0 fully saturated rings. The smallest absolute Gasteiger partial charge is 0.168 e. The lowest BCUT2D eigenvalue weighted by Crippen LogP contribution is -2.24. The Labute approximate surface area is 130 Å². The lowest BCUT2D eigenvalue weighted by atomic mass is 10.1. The summed E-state index contributed by atoms with van der Waals surface area (Å²) in [5, 5.41) is 11.5. The van der Waals surface area contributed by atoms with Crippen LogP contribution in [0.2, 0.25) is 0 Å². The van der Waals surface area contributed by atoms with Crippen molar-refractivity contribution in [2.45, 2.75) is 9.92 Å². The molecule has 0 bridgehead atoms. The van der Waals surface area contributed by atoms with Crippen LogP contribution in [0.15, 0.2) is 46.7 Å². The SMILES string of the molecule is COCN1c2cc(-c3cn[nH]n3)ccc2Sc2nccnc21. The molecule has 0 unspecified atom stereocenters. The molecule has 0 saturated heterocycles. The van der Waals surface area contributed by atoms with Gasteiger partial charge in [0.1, 0.15) is 17.5 Å². The van der Waals surface area contributed by atoms with Gasteiger partial charge in [0.2, 0.25) is 0 Å². The standard InChI is InChI=1S/C14H12N6OS/c1-21-8-20-11-6-9(10-7-17-19-18-10)2-3-12(11)22-14-13(20)15-4-5-16-14/h2-7H,8H2,1H3,(H,17,18,19). The van der Waals surface area contributed by atoms with Gasteiger partial charge < -0.3 is 4.74 Å². The van der Waals surface area contributed by atoms with Gasteiger partial charge in [-0.25, -0.2) is 9.97 Å². The Morgan fingerprint density at radius 2 is 2.18 bits per heavy atom. The van der Waals surface area contributed by atoms with Gasteiger partial charge in [-0.05, 0) is 12.1 Å². The van der Waals surface area contributed by atoms with Gasteiger partial charge in [-0.3, -0.25) is 4.90 Å². The zero-order chi connectivity index (χ0) is 14.9. The molecule has 4 rings (SSSR count). The number of hydrogen-bond donors (Lipinski definition) is 1. The molecular weight excluding hydrogens is 300 g/mol. The summed E-state index contributed by atoms with van der Waals surface area (Å²) in [4.78, 5) is 12.0. The molecule has 7 nitrogen and oxygen atoms in total. The van der Waals surface area contributed by atoms with Gasteiger partial charge in [0.15, 0.2) is 5.82 Å². The molecule has 3 heterocycles. The van der Waals surface area contributed by atoms with Crippen LogP contribution in [0.5, 0.6) is 0 Å². The number of nitrogens with one attached hydrogen (secondary N) is 1. The minimum Gasteiger partial charge on any atom is -0.364 e. The predicted molar refractivity (Wildman–Crippen MR) is 82.0 cm³/mol. The largest absolute Gasteiger partial charge is 0.364 e. The van der Waals surface area contributed by atoms with E-state index in [0.29, 0.717) is 6.73 Å². The summed E-state index contributed by atoms with van der Waals surface area (Å²) in [5.74, 6) is 0.805. The molecule has 1 aliphatic heterocycles. The van der Waals surface area contributed by atoms with Crippen LogP contribution in [0.1, 0.15) is 0 Å². The summed E-state index contributed by atoms with van der Waals surface area (Å²) in [6, 6.07) is 6.15. The Morgan fingerprint density at radius 3 is 3.00 bits per heavy atom. The van der Waals surface area contributed by atoms with E-state index in [-0.39, 0.29) is 0 Å². The minimum atomic E-state index is 0.404. The fourth-order valence-corrected chi connectivity index (χ4v) is 3.35. The van der Waals surface area contributed by atoms with E-state index in [1.54, 1.807) is 37.5 Å².